The summed E-state index contributed by atoms with van der Waals surface area (Å²) in [6, 6.07) is 13.3. The second-order valence-electron chi connectivity index (χ2n) is 6.85. The van der Waals surface area contributed by atoms with Gasteiger partial charge in [0.05, 0.1) is 25.9 Å². The van der Waals surface area contributed by atoms with Gasteiger partial charge in [-0.2, -0.15) is 0 Å². The lowest BCUT2D eigenvalue weighted by Crippen LogP contribution is -2.39. The highest BCUT2D eigenvalue weighted by atomic mass is 16.5. The molecule has 0 aliphatic heterocycles. The second-order valence-corrected chi connectivity index (χ2v) is 6.85. The number of rotatable bonds is 7. The summed E-state index contributed by atoms with van der Waals surface area (Å²) in [6.07, 6.45) is 3.60. The largest absolute Gasteiger partial charge is 0.493 e. The quantitative estimate of drug-likeness (QED) is 0.759. The molecule has 0 atom stereocenters. The van der Waals surface area contributed by atoms with E-state index in [0.717, 1.165) is 31.4 Å². The predicted octanol–water partition coefficient (Wildman–Crippen LogP) is 3.87. The predicted molar refractivity (Wildman–Crippen MR) is 110 cm³/mol. The first-order valence-electron chi connectivity index (χ1n) is 9.61. The number of anilines is 1. The molecule has 6 heteroatoms. The number of carbonyl (C=O) groups excluding carboxylic acids is 1. The molecule has 1 saturated carbocycles. The maximum atomic E-state index is 12.6. The van der Waals surface area contributed by atoms with E-state index in [1.165, 1.54) is 0 Å². The van der Waals surface area contributed by atoms with Gasteiger partial charge in [0.1, 0.15) is 0 Å². The molecule has 1 aliphatic rings. The van der Waals surface area contributed by atoms with Crippen molar-refractivity contribution < 1.29 is 19.0 Å². The van der Waals surface area contributed by atoms with E-state index < -0.39 is 0 Å². The molecule has 0 saturated heterocycles. The van der Waals surface area contributed by atoms with Crippen molar-refractivity contribution >= 4 is 11.6 Å². The SMILES string of the molecule is CNc1ccccc1C(=O)NC1CCC(Oc2cccc(OC)c2OC)CC1. The zero-order valence-electron chi connectivity index (χ0n) is 16.7. The summed E-state index contributed by atoms with van der Waals surface area (Å²) in [5.41, 5.74) is 1.51. The average molecular weight is 384 g/mol. The fraction of sp³-hybridized carbons (Fsp3) is 0.409. The van der Waals surface area contributed by atoms with Gasteiger partial charge in [-0.3, -0.25) is 4.79 Å². The van der Waals surface area contributed by atoms with Crippen LogP contribution in [0, 0.1) is 0 Å². The van der Waals surface area contributed by atoms with Crippen LogP contribution in [0.15, 0.2) is 42.5 Å². The Labute approximate surface area is 166 Å². The highest BCUT2D eigenvalue weighted by Crippen LogP contribution is 2.38. The number of para-hydroxylation sites is 2. The van der Waals surface area contributed by atoms with E-state index in [1.807, 2.05) is 49.5 Å². The standard InChI is InChI=1S/C22H28N2O4/c1-23-18-8-5-4-7-17(18)22(25)24-15-11-13-16(14-12-15)28-20-10-6-9-19(26-2)21(20)27-3/h4-10,15-16,23H,11-14H2,1-3H3,(H,24,25). The van der Waals surface area contributed by atoms with Gasteiger partial charge in [-0.1, -0.05) is 18.2 Å². The molecular formula is C22H28N2O4. The molecule has 3 rings (SSSR count). The van der Waals surface area contributed by atoms with Crippen molar-refractivity contribution in [1.29, 1.82) is 0 Å². The van der Waals surface area contributed by atoms with Crippen LogP contribution in [0.4, 0.5) is 5.69 Å². The zero-order valence-corrected chi connectivity index (χ0v) is 16.7. The van der Waals surface area contributed by atoms with E-state index in [0.29, 0.717) is 22.8 Å². The summed E-state index contributed by atoms with van der Waals surface area (Å²) in [4.78, 5) is 12.6. The van der Waals surface area contributed by atoms with Gasteiger partial charge in [0.25, 0.3) is 5.91 Å². The van der Waals surface area contributed by atoms with Crippen molar-refractivity contribution in [3.8, 4) is 17.2 Å². The lowest BCUT2D eigenvalue weighted by molar-refractivity contribution is 0.0892. The third kappa shape index (κ3) is 4.50. The van der Waals surface area contributed by atoms with E-state index in [9.17, 15) is 4.79 Å². The van der Waals surface area contributed by atoms with Crippen molar-refractivity contribution in [2.45, 2.75) is 37.8 Å². The summed E-state index contributed by atoms with van der Waals surface area (Å²) in [5.74, 6) is 1.93. The second kappa shape index (κ2) is 9.35. The smallest absolute Gasteiger partial charge is 0.253 e. The van der Waals surface area contributed by atoms with Gasteiger partial charge < -0.3 is 24.8 Å². The molecule has 0 radical (unpaired) electrons. The highest BCUT2D eigenvalue weighted by molar-refractivity contribution is 5.99. The molecular weight excluding hydrogens is 356 g/mol. The topological polar surface area (TPSA) is 68.8 Å². The minimum absolute atomic E-state index is 0.0382. The summed E-state index contributed by atoms with van der Waals surface area (Å²) >= 11 is 0. The number of ether oxygens (including phenoxy) is 3. The van der Waals surface area contributed by atoms with Gasteiger partial charge in [0.15, 0.2) is 11.5 Å². The zero-order chi connectivity index (χ0) is 19.9. The van der Waals surface area contributed by atoms with Crippen LogP contribution < -0.4 is 24.8 Å². The maximum absolute atomic E-state index is 12.6. The van der Waals surface area contributed by atoms with Crippen molar-refractivity contribution in [2.75, 3.05) is 26.6 Å². The first kappa shape index (κ1) is 19.9. The monoisotopic (exact) mass is 384 g/mol. The molecule has 0 heterocycles. The number of hydrogen-bond donors (Lipinski definition) is 2. The maximum Gasteiger partial charge on any atom is 0.253 e. The van der Waals surface area contributed by atoms with Gasteiger partial charge in [-0.05, 0) is 49.9 Å². The molecule has 1 fully saturated rings. The van der Waals surface area contributed by atoms with E-state index in [2.05, 4.69) is 10.6 Å². The number of carbonyl (C=O) groups is 1. The molecule has 2 aromatic rings. The third-order valence-electron chi connectivity index (χ3n) is 5.11. The summed E-state index contributed by atoms with van der Waals surface area (Å²) in [7, 11) is 5.05. The van der Waals surface area contributed by atoms with Gasteiger partial charge in [0, 0.05) is 18.8 Å². The summed E-state index contributed by atoms with van der Waals surface area (Å²) in [5, 5.41) is 6.22. The summed E-state index contributed by atoms with van der Waals surface area (Å²) < 4.78 is 16.9. The molecule has 28 heavy (non-hydrogen) atoms. The fourth-order valence-electron chi connectivity index (χ4n) is 3.62. The molecule has 0 aromatic heterocycles. The Bertz CT molecular complexity index is 801. The molecule has 1 aliphatic carbocycles. The van der Waals surface area contributed by atoms with E-state index in [-0.39, 0.29) is 18.1 Å². The number of hydrogen-bond acceptors (Lipinski definition) is 5. The number of methoxy groups -OCH3 is 2. The fourth-order valence-corrected chi connectivity index (χ4v) is 3.62. The third-order valence-corrected chi connectivity index (χ3v) is 5.11. The Kier molecular flexibility index (Phi) is 6.63. The average Bonchev–Trinajstić information content (AvgIpc) is 2.74. The first-order chi connectivity index (χ1) is 13.7. The molecule has 6 nitrogen and oxygen atoms in total. The van der Waals surface area contributed by atoms with Crippen molar-refractivity contribution in [3.05, 3.63) is 48.0 Å². The number of benzene rings is 2. The van der Waals surface area contributed by atoms with E-state index in [1.54, 1.807) is 14.2 Å². The molecule has 0 unspecified atom stereocenters. The van der Waals surface area contributed by atoms with Crippen LogP contribution in [0.3, 0.4) is 0 Å². The molecule has 0 bridgehead atoms. The summed E-state index contributed by atoms with van der Waals surface area (Å²) in [6.45, 7) is 0. The van der Waals surface area contributed by atoms with Crippen LogP contribution in [-0.4, -0.2) is 39.3 Å². The van der Waals surface area contributed by atoms with Gasteiger partial charge in [-0.25, -0.2) is 0 Å². The van der Waals surface area contributed by atoms with Crippen LogP contribution in [0.1, 0.15) is 36.0 Å². The molecule has 1 amide bonds. The molecule has 2 aromatic carbocycles. The van der Waals surface area contributed by atoms with E-state index in [4.69, 9.17) is 14.2 Å². The highest BCUT2D eigenvalue weighted by Gasteiger charge is 2.25. The van der Waals surface area contributed by atoms with Crippen LogP contribution in [0.2, 0.25) is 0 Å². The van der Waals surface area contributed by atoms with Gasteiger partial charge >= 0.3 is 0 Å². The van der Waals surface area contributed by atoms with Crippen LogP contribution in [0.5, 0.6) is 17.2 Å². The minimum atomic E-state index is -0.0382. The minimum Gasteiger partial charge on any atom is -0.493 e. The first-order valence-corrected chi connectivity index (χ1v) is 9.61. The van der Waals surface area contributed by atoms with Crippen LogP contribution >= 0.6 is 0 Å². The lowest BCUT2D eigenvalue weighted by atomic mass is 9.92. The van der Waals surface area contributed by atoms with Crippen molar-refractivity contribution in [2.24, 2.45) is 0 Å². The Balaban J connectivity index is 1.56. The van der Waals surface area contributed by atoms with Crippen molar-refractivity contribution in [3.63, 3.8) is 0 Å². The number of nitrogens with one attached hydrogen (secondary N) is 2. The van der Waals surface area contributed by atoms with Gasteiger partial charge in [0.2, 0.25) is 5.75 Å². The van der Waals surface area contributed by atoms with E-state index >= 15 is 0 Å². The van der Waals surface area contributed by atoms with Gasteiger partial charge in [-0.15, -0.1) is 0 Å². The lowest BCUT2D eigenvalue weighted by Gasteiger charge is -2.30. The molecule has 2 N–H and O–H groups in total. The van der Waals surface area contributed by atoms with Crippen molar-refractivity contribution in [1.82, 2.24) is 5.32 Å². The Morgan fingerprint density at radius 3 is 2.32 bits per heavy atom. The van der Waals surface area contributed by atoms with Crippen LogP contribution in [-0.2, 0) is 0 Å². The molecule has 150 valence electrons. The Hall–Kier alpha value is -2.89. The normalized spacial score (nSPS) is 18.8. The Morgan fingerprint density at radius 1 is 0.929 bits per heavy atom. The van der Waals surface area contributed by atoms with Crippen LogP contribution in [0.25, 0.3) is 0 Å². The molecule has 0 spiro atoms. The Morgan fingerprint density at radius 2 is 1.64 bits per heavy atom. The number of amides is 1.